The van der Waals surface area contributed by atoms with Crippen LogP contribution in [-0.4, -0.2) is 51.6 Å². The second-order valence-electron chi connectivity index (χ2n) is 10.3. The molecule has 0 radical (unpaired) electrons. The van der Waals surface area contributed by atoms with Crippen LogP contribution in [0.1, 0.15) is 49.7 Å². The summed E-state index contributed by atoms with van der Waals surface area (Å²) < 4.78 is 33.9. The number of rotatable bonds is 4. The van der Waals surface area contributed by atoms with Gasteiger partial charge in [-0.05, 0) is 74.1 Å². The molecule has 5 fully saturated rings. The summed E-state index contributed by atoms with van der Waals surface area (Å²) in [5, 5.41) is 0. The maximum Gasteiger partial charge on any atom is 0.243 e. The summed E-state index contributed by atoms with van der Waals surface area (Å²) in [5.41, 5.74) is 2.09. The number of nitrogens with one attached hydrogen (secondary N) is 1. The second kappa shape index (κ2) is 6.96. The number of piperazine rings is 1. The molecule has 4 saturated carbocycles. The van der Waals surface area contributed by atoms with Gasteiger partial charge < -0.3 is 9.64 Å². The maximum absolute atomic E-state index is 13.4. The molecule has 0 amide bonds. The number of quaternary nitrogens is 1. The zero-order valence-electron chi connectivity index (χ0n) is 18.0. The van der Waals surface area contributed by atoms with E-state index in [1.165, 1.54) is 38.5 Å². The van der Waals surface area contributed by atoms with Crippen LogP contribution in [0.4, 0.5) is 0 Å². The zero-order chi connectivity index (χ0) is 20.4. The first-order chi connectivity index (χ1) is 13.8. The molecule has 5 aliphatic rings. The van der Waals surface area contributed by atoms with Gasteiger partial charge in [-0.25, -0.2) is 8.42 Å². The topological polar surface area (TPSA) is 51.1 Å². The smallest absolute Gasteiger partial charge is 0.243 e. The van der Waals surface area contributed by atoms with Gasteiger partial charge in [0.2, 0.25) is 10.0 Å². The third kappa shape index (κ3) is 3.22. The predicted molar refractivity (Wildman–Crippen MR) is 113 cm³/mol. The Morgan fingerprint density at radius 3 is 2.03 bits per heavy atom. The highest BCUT2D eigenvalue weighted by atomic mass is 32.2. The Morgan fingerprint density at radius 2 is 1.52 bits per heavy atom. The number of methoxy groups -OCH3 is 1. The van der Waals surface area contributed by atoms with Crippen molar-refractivity contribution in [1.29, 1.82) is 0 Å². The molecule has 0 aromatic heterocycles. The monoisotopic (exact) mass is 419 g/mol. The average Bonchev–Trinajstić information content (AvgIpc) is 2.68. The fourth-order valence-corrected chi connectivity index (χ4v) is 9.20. The van der Waals surface area contributed by atoms with E-state index in [2.05, 4.69) is 0 Å². The van der Waals surface area contributed by atoms with E-state index < -0.39 is 10.0 Å². The molecule has 0 atom stereocenters. The van der Waals surface area contributed by atoms with Crippen LogP contribution in [0.5, 0.6) is 5.75 Å². The van der Waals surface area contributed by atoms with Gasteiger partial charge in [0, 0.05) is 19.3 Å². The van der Waals surface area contributed by atoms with Gasteiger partial charge in [-0.2, -0.15) is 4.31 Å². The molecule has 160 valence electrons. The SMILES string of the molecule is COc1cc(C)c(S(=O)(=O)N2CC[NH+](C34CC5CC(CC(C5)C3)C4)CC2)cc1C. The lowest BCUT2D eigenvalue weighted by molar-refractivity contribution is -0.962. The van der Waals surface area contributed by atoms with Crippen molar-refractivity contribution in [2.75, 3.05) is 33.3 Å². The van der Waals surface area contributed by atoms with E-state index in [1.54, 1.807) is 22.4 Å². The lowest BCUT2D eigenvalue weighted by Crippen LogP contribution is -3.23. The minimum absolute atomic E-state index is 0.439. The maximum atomic E-state index is 13.4. The van der Waals surface area contributed by atoms with E-state index in [0.717, 1.165) is 47.7 Å². The number of sulfonamides is 1. The molecule has 29 heavy (non-hydrogen) atoms. The molecule has 0 spiro atoms. The van der Waals surface area contributed by atoms with Gasteiger partial charge in [0.15, 0.2) is 0 Å². The Kier molecular flexibility index (Phi) is 4.76. The standard InChI is InChI=1S/C23H34N2O3S/c1-16-9-22(17(2)8-21(16)28-3)29(26,27)25-6-4-24(5-7-25)23-13-18-10-19(14-23)12-20(11-18)15-23/h8-9,18-20H,4-7,10-15H2,1-3H3/p+1. The molecule has 1 N–H and O–H groups in total. The summed E-state index contributed by atoms with van der Waals surface area (Å²) in [7, 11) is -1.83. The van der Waals surface area contributed by atoms with Crippen LogP contribution in [0.3, 0.4) is 0 Å². The summed E-state index contributed by atoms with van der Waals surface area (Å²) in [6.07, 6.45) is 8.54. The minimum Gasteiger partial charge on any atom is -0.496 e. The summed E-state index contributed by atoms with van der Waals surface area (Å²) >= 11 is 0. The number of hydrogen-bond donors (Lipinski definition) is 1. The van der Waals surface area contributed by atoms with E-state index >= 15 is 0 Å². The first kappa shape index (κ1) is 19.8. The normalized spacial score (nSPS) is 35.2. The zero-order valence-corrected chi connectivity index (χ0v) is 18.9. The van der Waals surface area contributed by atoms with Crippen molar-refractivity contribution in [1.82, 2.24) is 4.31 Å². The highest BCUT2D eigenvalue weighted by Gasteiger charge is 2.56. The Balaban J connectivity index is 1.32. The molecular formula is C23H35N2O3S+. The molecule has 5 nitrogen and oxygen atoms in total. The highest BCUT2D eigenvalue weighted by Crippen LogP contribution is 2.54. The van der Waals surface area contributed by atoms with Crippen molar-refractivity contribution in [3.63, 3.8) is 0 Å². The van der Waals surface area contributed by atoms with Crippen molar-refractivity contribution in [2.24, 2.45) is 17.8 Å². The number of nitrogens with zero attached hydrogens (tertiary/aromatic N) is 1. The molecule has 1 heterocycles. The van der Waals surface area contributed by atoms with Crippen LogP contribution in [0, 0.1) is 31.6 Å². The Morgan fingerprint density at radius 1 is 0.966 bits per heavy atom. The van der Waals surface area contributed by atoms with Crippen molar-refractivity contribution < 1.29 is 18.1 Å². The number of benzene rings is 1. The van der Waals surface area contributed by atoms with Crippen LogP contribution in [0.15, 0.2) is 17.0 Å². The summed E-state index contributed by atoms with van der Waals surface area (Å²) in [6.45, 7) is 6.98. The molecular weight excluding hydrogens is 384 g/mol. The van der Waals surface area contributed by atoms with Gasteiger partial charge >= 0.3 is 0 Å². The number of aryl methyl sites for hydroxylation is 2. The Bertz CT molecular complexity index is 868. The number of hydrogen-bond acceptors (Lipinski definition) is 3. The molecule has 4 bridgehead atoms. The molecule has 1 aromatic carbocycles. The van der Waals surface area contributed by atoms with E-state index in [1.807, 2.05) is 19.9 Å². The van der Waals surface area contributed by atoms with Crippen LogP contribution >= 0.6 is 0 Å². The van der Waals surface area contributed by atoms with E-state index in [0.29, 0.717) is 23.5 Å². The van der Waals surface area contributed by atoms with Crippen molar-refractivity contribution >= 4 is 10.0 Å². The largest absolute Gasteiger partial charge is 0.496 e. The van der Waals surface area contributed by atoms with Crippen LogP contribution in [-0.2, 0) is 10.0 Å². The third-order valence-corrected chi connectivity index (χ3v) is 10.5. The molecule has 1 aromatic rings. The van der Waals surface area contributed by atoms with Crippen molar-refractivity contribution in [2.45, 2.75) is 62.8 Å². The third-order valence-electron chi connectivity index (χ3n) is 8.42. The van der Waals surface area contributed by atoms with E-state index in [9.17, 15) is 8.42 Å². The summed E-state index contributed by atoms with van der Waals surface area (Å²) in [4.78, 5) is 2.14. The molecule has 4 aliphatic carbocycles. The van der Waals surface area contributed by atoms with Gasteiger partial charge in [0.05, 0.1) is 43.7 Å². The lowest BCUT2D eigenvalue weighted by Gasteiger charge is -2.59. The molecule has 1 aliphatic heterocycles. The van der Waals surface area contributed by atoms with Gasteiger partial charge in [-0.3, -0.25) is 0 Å². The number of ether oxygens (including phenoxy) is 1. The first-order valence-electron chi connectivity index (χ1n) is 11.3. The van der Waals surface area contributed by atoms with E-state index in [-0.39, 0.29) is 0 Å². The van der Waals surface area contributed by atoms with Gasteiger partial charge in [-0.1, -0.05) is 0 Å². The highest BCUT2D eigenvalue weighted by molar-refractivity contribution is 7.89. The summed E-state index contributed by atoms with van der Waals surface area (Å²) in [6, 6.07) is 3.63. The van der Waals surface area contributed by atoms with E-state index in [4.69, 9.17) is 4.74 Å². The van der Waals surface area contributed by atoms with Gasteiger partial charge in [0.25, 0.3) is 0 Å². The molecule has 6 heteroatoms. The predicted octanol–water partition coefficient (Wildman–Crippen LogP) is 2.17. The summed E-state index contributed by atoms with van der Waals surface area (Å²) in [5.74, 6) is 3.58. The molecule has 0 unspecified atom stereocenters. The lowest BCUT2D eigenvalue weighted by atomic mass is 9.52. The Labute approximate surface area is 175 Å². The molecule has 1 saturated heterocycles. The van der Waals surface area contributed by atoms with Crippen molar-refractivity contribution in [3.05, 3.63) is 23.3 Å². The van der Waals surface area contributed by atoms with Crippen molar-refractivity contribution in [3.8, 4) is 5.75 Å². The van der Waals surface area contributed by atoms with Gasteiger partial charge in [0.1, 0.15) is 5.75 Å². The fourth-order valence-electron chi connectivity index (χ4n) is 7.47. The van der Waals surface area contributed by atoms with Crippen LogP contribution in [0.2, 0.25) is 0 Å². The Hall–Kier alpha value is -1.11. The quantitative estimate of drug-likeness (QED) is 0.814. The molecule has 6 rings (SSSR count). The van der Waals surface area contributed by atoms with Crippen LogP contribution < -0.4 is 9.64 Å². The van der Waals surface area contributed by atoms with Gasteiger partial charge in [-0.15, -0.1) is 0 Å². The second-order valence-corrected chi connectivity index (χ2v) is 12.2. The minimum atomic E-state index is -3.46. The fraction of sp³-hybridized carbons (Fsp3) is 0.739. The van der Waals surface area contributed by atoms with Crippen LogP contribution in [0.25, 0.3) is 0 Å². The average molecular weight is 420 g/mol. The first-order valence-corrected chi connectivity index (χ1v) is 12.8.